The van der Waals surface area contributed by atoms with Gasteiger partial charge in [0.1, 0.15) is 0 Å². The topological polar surface area (TPSA) is 72.7 Å². The Hall–Kier alpha value is -2.19. The zero-order valence-electron chi connectivity index (χ0n) is 11.8. The van der Waals surface area contributed by atoms with E-state index < -0.39 is 0 Å². The minimum atomic E-state index is -0.198. The Morgan fingerprint density at radius 1 is 1.32 bits per heavy atom. The number of benzene rings is 1. The molecule has 6 nitrogen and oxygen atoms in total. The van der Waals surface area contributed by atoms with Gasteiger partial charge in [0, 0.05) is 18.0 Å². The first-order chi connectivity index (χ1) is 10.8. The van der Waals surface area contributed by atoms with Crippen LogP contribution in [0.25, 0.3) is 5.69 Å². The monoisotopic (exact) mass is 331 g/mol. The third kappa shape index (κ3) is 3.34. The SMILES string of the molecule is CCSc1nnc(NC(=O)c2ccc(-n3cccn3)cc2)s1. The number of aromatic nitrogens is 4. The molecule has 1 aromatic carbocycles. The van der Waals surface area contributed by atoms with Gasteiger partial charge in [-0.3, -0.25) is 10.1 Å². The lowest BCUT2D eigenvalue weighted by Crippen LogP contribution is -2.11. The molecule has 0 atom stereocenters. The number of hydrogen-bond acceptors (Lipinski definition) is 6. The predicted molar refractivity (Wildman–Crippen MR) is 87.8 cm³/mol. The van der Waals surface area contributed by atoms with E-state index in [0.717, 1.165) is 15.8 Å². The van der Waals surface area contributed by atoms with Crippen molar-refractivity contribution in [2.45, 2.75) is 11.3 Å². The molecule has 0 saturated carbocycles. The molecule has 0 spiro atoms. The second kappa shape index (κ2) is 6.71. The van der Waals surface area contributed by atoms with E-state index in [4.69, 9.17) is 0 Å². The highest BCUT2D eigenvalue weighted by Crippen LogP contribution is 2.25. The molecule has 3 aromatic rings. The number of carbonyl (C=O) groups is 1. The first-order valence-electron chi connectivity index (χ1n) is 6.64. The number of carbonyl (C=O) groups excluding carboxylic acids is 1. The van der Waals surface area contributed by atoms with E-state index in [1.165, 1.54) is 11.3 Å². The molecule has 0 radical (unpaired) electrons. The van der Waals surface area contributed by atoms with E-state index >= 15 is 0 Å². The van der Waals surface area contributed by atoms with Crippen LogP contribution >= 0.6 is 23.1 Å². The van der Waals surface area contributed by atoms with Crippen molar-refractivity contribution < 1.29 is 4.79 Å². The van der Waals surface area contributed by atoms with E-state index in [1.54, 1.807) is 34.8 Å². The molecule has 8 heteroatoms. The highest BCUT2D eigenvalue weighted by atomic mass is 32.2. The van der Waals surface area contributed by atoms with Gasteiger partial charge in [-0.25, -0.2) is 4.68 Å². The average Bonchev–Trinajstić information content (AvgIpc) is 3.20. The third-order valence-corrected chi connectivity index (χ3v) is 4.65. The molecular weight excluding hydrogens is 318 g/mol. The van der Waals surface area contributed by atoms with Crippen LogP contribution in [0, 0.1) is 0 Å². The van der Waals surface area contributed by atoms with Crippen molar-refractivity contribution in [3.63, 3.8) is 0 Å². The van der Waals surface area contributed by atoms with Gasteiger partial charge in [0.25, 0.3) is 5.91 Å². The maximum Gasteiger partial charge on any atom is 0.257 e. The normalized spacial score (nSPS) is 10.6. The van der Waals surface area contributed by atoms with Gasteiger partial charge in [0.15, 0.2) is 4.34 Å². The van der Waals surface area contributed by atoms with Crippen LogP contribution in [0.5, 0.6) is 0 Å². The van der Waals surface area contributed by atoms with Gasteiger partial charge in [-0.2, -0.15) is 5.10 Å². The molecule has 1 N–H and O–H groups in total. The maximum atomic E-state index is 12.2. The van der Waals surface area contributed by atoms with Gasteiger partial charge in [0.2, 0.25) is 5.13 Å². The van der Waals surface area contributed by atoms with Crippen LogP contribution in [0.4, 0.5) is 5.13 Å². The second-order valence-corrected chi connectivity index (χ2v) is 6.75. The van der Waals surface area contributed by atoms with Gasteiger partial charge in [-0.1, -0.05) is 30.0 Å². The number of nitrogens with one attached hydrogen (secondary N) is 1. The Bertz CT molecular complexity index is 752. The predicted octanol–water partition coefficient (Wildman–Crippen LogP) is 3.09. The van der Waals surface area contributed by atoms with Crippen LogP contribution < -0.4 is 5.32 Å². The summed E-state index contributed by atoms with van der Waals surface area (Å²) in [5, 5.41) is 15.4. The summed E-state index contributed by atoms with van der Waals surface area (Å²) in [4.78, 5) is 12.2. The van der Waals surface area contributed by atoms with E-state index in [1.807, 2.05) is 31.3 Å². The van der Waals surface area contributed by atoms with Crippen LogP contribution in [-0.2, 0) is 0 Å². The molecule has 2 heterocycles. The van der Waals surface area contributed by atoms with Crippen LogP contribution in [0.3, 0.4) is 0 Å². The first-order valence-corrected chi connectivity index (χ1v) is 8.44. The van der Waals surface area contributed by atoms with Gasteiger partial charge in [0.05, 0.1) is 5.69 Å². The Labute approximate surface area is 135 Å². The molecule has 0 fully saturated rings. The number of nitrogens with zero attached hydrogens (tertiary/aromatic N) is 4. The van der Waals surface area contributed by atoms with Crippen molar-refractivity contribution in [1.29, 1.82) is 0 Å². The molecule has 0 bridgehead atoms. The van der Waals surface area contributed by atoms with E-state index in [2.05, 4.69) is 20.6 Å². The van der Waals surface area contributed by atoms with Crippen molar-refractivity contribution in [3.05, 3.63) is 48.3 Å². The molecule has 22 heavy (non-hydrogen) atoms. The first kappa shape index (κ1) is 14.7. The molecule has 0 unspecified atom stereocenters. The van der Waals surface area contributed by atoms with Crippen LogP contribution in [-0.4, -0.2) is 31.6 Å². The smallest absolute Gasteiger partial charge is 0.257 e. The summed E-state index contributed by atoms with van der Waals surface area (Å²) in [6, 6.07) is 9.06. The van der Waals surface area contributed by atoms with Crippen LogP contribution in [0.15, 0.2) is 47.1 Å². The van der Waals surface area contributed by atoms with Crippen molar-refractivity contribution >= 4 is 34.1 Å². The number of rotatable bonds is 5. The molecule has 0 aliphatic carbocycles. The second-order valence-electron chi connectivity index (χ2n) is 4.26. The molecular formula is C14H13N5OS2. The average molecular weight is 331 g/mol. The van der Waals surface area contributed by atoms with Gasteiger partial charge >= 0.3 is 0 Å². The van der Waals surface area contributed by atoms with Crippen LogP contribution in [0.2, 0.25) is 0 Å². The Morgan fingerprint density at radius 2 is 2.14 bits per heavy atom. The fraction of sp³-hybridized carbons (Fsp3) is 0.143. The van der Waals surface area contributed by atoms with Gasteiger partial charge < -0.3 is 0 Å². The number of thioether (sulfide) groups is 1. The minimum Gasteiger partial charge on any atom is -0.296 e. The van der Waals surface area contributed by atoms with Gasteiger partial charge in [-0.15, -0.1) is 10.2 Å². The fourth-order valence-corrected chi connectivity index (χ4v) is 3.44. The summed E-state index contributed by atoms with van der Waals surface area (Å²) in [5.74, 6) is 0.730. The fourth-order valence-electron chi connectivity index (χ4n) is 1.80. The molecule has 2 aromatic heterocycles. The Kier molecular flexibility index (Phi) is 4.50. The lowest BCUT2D eigenvalue weighted by Gasteiger charge is -2.04. The molecule has 0 saturated heterocycles. The largest absolute Gasteiger partial charge is 0.296 e. The highest BCUT2D eigenvalue weighted by molar-refractivity contribution is 8.01. The van der Waals surface area contributed by atoms with Gasteiger partial charge in [-0.05, 0) is 36.1 Å². The zero-order valence-corrected chi connectivity index (χ0v) is 13.4. The van der Waals surface area contributed by atoms with E-state index in [9.17, 15) is 4.79 Å². The Morgan fingerprint density at radius 3 is 2.82 bits per heavy atom. The third-order valence-electron chi connectivity index (χ3n) is 2.79. The van der Waals surface area contributed by atoms with Crippen molar-refractivity contribution in [2.24, 2.45) is 0 Å². The molecule has 0 aliphatic rings. The molecule has 0 aliphatic heterocycles. The summed E-state index contributed by atoms with van der Waals surface area (Å²) in [7, 11) is 0. The summed E-state index contributed by atoms with van der Waals surface area (Å²) in [6.45, 7) is 2.05. The molecule has 1 amide bonds. The highest BCUT2D eigenvalue weighted by Gasteiger charge is 2.10. The molecule has 3 rings (SSSR count). The quantitative estimate of drug-likeness (QED) is 0.574. The minimum absolute atomic E-state index is 0.198. The number of anilines is 1. The standard InChI is InChI=1S/C14H13N5OS2/c1-2-21-14-18-17-13(22-14)16-12(20)10-4-6-11(7-5-10)19-9-3-8-15-19/h3-9H,2H2,1H3,(H,16,17,20). The summed E-state index contributed by atoms with van der Waals surface area (Å²) >= 11 is 2.98. The summed E-state index contributed by atoms with van der Waals surface area (Å²) in [6.07, 6.45) is 3.56. The molecule has 112 valence electrons. The number of amides is 1. The lowest BCUT2D eigenvalue weighted by molar-refractivity contribution is 0.102. The van der Waals surface area contributed by atoms with E-state index in [-0.39, 0.29) is 5.91 Å². The van der Waals surface area contributed by atoms with Crippen molar-refractivity contribution in [2.75, 3.05) is 11.1 Å². The number of hydrogen-bond donors (Lipinski definition) is 1. The van der Waals surface area contributed by atoms with Crippen molar-refractivity contribution in [3.8, 4) is 5.69 Å². The van der Waals surface area contributed by atoms with Crippen LogP contribution in [0.1, 0.15) is 17.3 Å². The Balaban J connectivity index is 1.69. The van der Waals surface area contributed by atoms with Crippen molar-refractivity contribution in [1.82, 2.24) is 20.0 Å². The zero-order chi connectivity index (χ0) is 15.4. The maximum absolute atomic E-state index is 12.2. The summed E-state index contributed by atoms with van der Waals surface area (Å²) in [5.41, 5.74) is 1.47. The summed E-state index contributed by atoms with van der Waals surface area (Å²) < 4.78 is 2.59. The van der Waals surface area contributed by atoms with E-state index in [0.29, 0.717) is 10.7 Å². The lowest BCUT2D eigenvalue weighted by atomic mass is 10.2.